The molecule has 1 atom stereocenters. The van der Waals surface area contributed by atoms with Crippen LogP contribution in [0.4, 0.5) is 0 Å². The highest BCUT2D eigenvalue weighted by Crippen LogP contribution is 2.12. The lowest BCUT2D eigenvalue weighted by Gasteiger charge is -2.25. The number of amides is 1. The Labute approximate surface area is 96.5 Å². The monoisotopic (exact) mass is 221 g/mol. The van der Waals surface area contributed by atoms with E-state index in [0.717, 1.165) is 5.56 Å². The third kappa shape index (κ3) is 3.03. The molecule has 88 valence electrons. The van der Waals surface area contributed by atoms with Gasteiger partial charge < -0.3 is 10.6 Å². The molecule has 0 aromatic carbocycles. The summed E-state index contributed by atoms with van der Waals surface area (Å²) in [6.45, 7) is 5.65. The molecule has 0 aliphatic heterocycles. The number of hydrogen-bond donors (Lipinski definition) is 2. The van der Waals surface area contributed by atoms with E-state index in [1.165, 1.54) is 0 Å². The molecule has 0 bridgehead atoms. The molecule has 16 heavy (non-hydrogen) atoms. The van der Waals surface area contributed by atoms with Crippen molar-refractivity contribution in [1.29, 1.82) is 0 Å². The molecule has 0 saturated carbocycles. The van der Waals surface area contributed by atoms with Gasteiger partial charge in [-0.3, -0.25) is 9.78 Å². The minimum Gasteiger partial charge on any atom is -0.348 e. The van der Waals surface area contributed by atoms with E-state index in [-0.39, 0.29) is 11.9 Å². The molecule has 0 saturated heterocycles. The fourth-order valence-electron chi connectivity index (χ4n) is 1.23. The second-order valence-electron chi connectivity index (χ2n) is 4.35. The molecule has 1 rings (SSSR count). The molecule has 0 spiro atoms. The summed E-state index contributed by atoms with van der Waals surface area (Å²) in [5, 5.41) is 5.93. The predicted molar refractivity (Wildman–Crippen MR) is 63.9 cm³/mol. The minimum atomic E-state index is -0.554. The Morgan fingerprint density at radius 1 is 1.38 bits per heavy atom. The molecular weight excluding hydrogens is 202 g/mol. The van der Waals surface area contributed by atoms with Crippen LogP contribution in [0.3, 0.4) is 0 Å². The highest BCUT2D eigenvalue weighted by atomic mass is 16.2. The summed E-state index contributed by atoms with van der Waals surface area (Å²) in [4.78, 5) is 15.8. The number of likely N-dealkylation sites (N-methyl/N-ethyl adjacent to an activating group) is 1. The first-order valence-corrected chi connectivity index (χ1v) is 5.37. The van der Waals surface area contributed by atoms with E-state index in [0.29, 0.717) is 0 Å². The first-order valence-electron chi connectivity index (χ1n) is 5.37. The molecule has 0 radical (unpaired) electrons. The van der Waals surface area contributed by atoms with Crippen LogP contribution in [0.1, 0.15) is 32.4 Å². The summed E-state index contributed by atoms with van der Waals surface area (Å²) in [5.74, 6) is -0.0145. The van der Waals surface area contributed by atoms with Crippen LogP contribution < -0.4 is 10.6 Å². The van der Waals surface area contributed by atoms with Gasteiger partial charge in [0.2, 0.25) is 5.91 Å². The van der Waals surface area contributed by atoms with Gasteiger partial charge in [0.15, 0.2) is 0 Å². The Bertz CT molecular complexity index is 349. The highest BCUT2D eigenvalue weighted by molar-refractivity contribution is 5.85. The summed E-state index contributed by atoms with van der Waals surface area (Å²) in [6.07, 6.45) is 3.45. The predicted octanol–water partition coefficient (Wildman–Crippen LogP) is 1.26. The first kappa shape index (κ1) is 12.6. The lowest BCUT2D eigenvalue weighted by Crippen LogP contribution is -2.51. The molecule has 1 unspecified atom stereocenters. The van der Waals surface area contributed by atoms with Crippen molar-refractivity contribution in [1.82, 2.24) is 15.6 Å². The maximum atomic E-state index is 11.9. The number of pyridine rings is 1. The molecule has 1 amide bonds. The van der Waals surface area contributed by atoms with Gasteiger partial charge in [0.1, 0.15) is 0 Å². The smallest absolute Gasteiger partial charge is 0.240 e. The molecule has 4 heteroatoms. The number of aromatic nitrogens is 1. The lowest BCUT2D eigenvalue weighted by molar-refractivity contribution is -0.126. The number of hydrogen-bond acceptors (Lipinski definition) is 3. The van der Waals surface area contributed by atoms with Crippen LogP contribution in [-0.2, 0) is 4.79 Å². The van der Waals surface area contributed by atoms with Crippen molar-refractivity contribution in [2.24, 2.45) is 0 Å². The summed E-state index contributed by atoms with van der Waals surface area (Å²) < 4.78 is 0. The summed E-state index contributed by atoms with van der Waals surface area (Å²) >= 11 is 0. The van der Waals surface area contributed by atoms with E-state index in [4.69, 9.17) is 0 Å². The number of rotatable bonds is 4. The average molecular weight is 221 g/mol. The fourth-order valence-corrected chi connectivity index (χ4v) is 1.23. The number of carbonyl (C=O) groups excluding carboxylic acids is 1. The van der Waals surface area contributed by atoms with E-state index in [9.17, 15) is 4.79 Å². The molecular formula is C12H19N3O. The minimum absolute atomic E-state index is 0.0110. The van der Waals surface area contributed by atoms with Crippen LogP contribution >= 0.6 is 0 Å². The second-order valence-corrected chi connectivity index (χ2v) is 4.35. The summed E-state index contributed by atoms with van der Waals surface area (Å²) in [5.41, 5.74) is 0.497. The van der Waals surface area contributed by atoms with Crippen molar-refractivity contribution in [3.05, 3.63) is 30.1 Å². The Hall–Kier alpha value is -1.42. The van der Waals surface area contributed by atoms with Gasteiger partial charge in [0, 0.05) is 12.4 Å². The van der Waals surface area contributed by atoms with Crippen molar-refractivity contribution >= 4 is 5.91 Å². The molecule has 1 aromatic rings. The van der Waals surface area contributed by atoms with Gasteiger partial charge in [-0.2, -0.15) is 0 Å². The van der Waals surface area contributed by atoms with Gasteiger partial charge >= 0.3 is 0 Å². The Morgan fingerprint density at radius 3 is 2.44 bits per heavy atom. The largest absolute Gasteiger partial charge is 0.348 e. The van der Waals surface area contributed by atoms with E-state index < -0.39 is 5.54 Å². The Balaban J connectivity index is 2.66. The molecule has 1 heterocycles. The SMILES string of the molecule is CNC(C)(C)C(=O)NC(C)c1ccncc1. The zero-order chi connectivity index (χ0) is 12.2. The molecule has 1 aromatic heterocycles. The molecule has 4 nitrogen and oxygen atoms in total. The van der Waals surface area contributed by atoms with Crippen LogP contribution in [0.15, 0.2) is 24.5 Å². The van der Waals surface area contributed by atoms with Crippen LogP contribution in [0, 0.1) is 0 Å². The van der Waals surface area contributed by atoms with E-state index >= 15 is 0 Å². The first-order chi connectivity index (χ1) is 7.47. The van der Waals surface area contributed by atoms with Crippen LogP contribution in [-0.4, -0.2) is 23.5 Å². The summed E-state index contributed by atoms with van der Waals surface area (Å²) in [7, 11) is 1.77. The van der Waals surface area contributed by atoms with Crippen LogP contribution in [0.25, 0.3) is 0 Å². The fraction of sp³-hybridized carbons (Fsp3) is 0.500. The van der Waals surface area contributed by atoms with E-state index in [2.05, 4.69) is 15.6 Å². The van der Waals surface area contributed by atoms with Gasteiger partial charge in [-0.25, -0.2) is 0 Å². The topological polar surface area (TPSA) is 54.0 Å². The van der Waals surface area contributed by atoms with Gasteiger partial charge in [-0.05, 0) is 45.5 Å². The average Bonchev–Trinajstić information content (AvgIpc) is 2.30. The van der Waals surface area contributed by atoms with Gasteiger partial charge in [-0.15, -0.1) is 0 Å². The summed E-state index contributed by atoms with van der Waals surface area (Å²) in [6, 6.07) is 3.79. The van der Waals surface area contributed by atoms with Gasteiger partial charge in [-0.1, -0.05) is 0 Å². The van der Waals surface area contributed by atoms with Crippen LogP contribution in [0.5, 0.6) is 0 Å². The van der Waals surface area contributed by atoms with Crippen molar-refractivity contribution in [2.75, 3.05) is 7.05 Å². The number of carbonyl (C=O) groups is 1. The standard InChI is InChI=1S/C12H19N3O/c1-9(10-5-7-14-8-6-10)15-11(16)12(2,3)13-4/h5-9,13H,1-4H3,(H,15,16). The Morgan fingerprint density at radius 2 is 1.94 bits per heavy atom. The second kappa shape index (κ2) is 5.07. The third-order valence-corrected chi connectivity index (χ3v) is 2.75. The zero-order valence-electron chi connectivity index (χ0n) is 10.2. The molecule has 0 fully saturated rings. The lowest BCUT2D eigenvalue weighted by atomic mass is 10.0. The maximum Gasteiger partial charge on any atom is 0.240 e. The van der Waals surface area contributed by atoms with Crippen molar-refractivity contribution in [2.45, 2.75) is 32.4 Å². The van der Waals surface area contributed by atoms with Crippen molar-refractivity contribution in [3.8, 4) is 0 Å². The Kier molecular flexibility index (Phi) is 4.01. The van der Waals surface area contributed by atoms with Crippen molar-refractivity contribution < 1.29 is 4.79 Å². The number of nitrogens with one attached hydrogen (secondary N) is 2. The van der Waals surface area contributed by atoms with Gasteiger partial charge in [0.25, 0.3) is 0 Å². The molecule has 0 aliphatic carbocycles. The molecule has 2 N–H and O–H groups in total. The van der Waals surface area contributed by atoms with Crippen molar-refractivity contribution in [3.63, 3.8) is 0 Å². The quantitative estimate of drug-likeness (QED) is 0.804. The zero-order valence-corrected chi connectivity index (χ0v) is 10.2. The van der Waals surface area contributed by atoms with E-state index in [1.807, 2.05) is 32.9 Å². The number of nitrogens with zero attached hydrogens (tertiary/aromatic N) is 1. The molecule has 0 aliphatic rings. The normalized spacial score (nSPS) is 13.2. The third-order valence-electron chi connectivity index (χ3n) is 2.75. The van der Waals surface area contributed by atoms with E-state index in [1.54, 1.807) is 19.4 Å². The van der Waals surface area contributed by atoms with Gasteiger partial charge in [0.05, 0.1) is 11.6 Å². The van der Waals surface area contributed by atoms with Crippen LogP contribution in [0.2, 0.25) is 0 Å². The maximum absolute atomic E-state index is 11.9. The highest BCUT2D eigenvalue weighted by Gasteiger charge is 2.26.